The van der Waals surface area contributed by atoms with E-state index in [0.29, 0.717) is 25.7 Å². The van der Waals surface area contributed by atoms with Crippen LogP contribution in [0.4, 0.5) is 0 Å². The van der Waals surface area contributed by atoms with Gasteiger partial charge in [0.05, 0.1) is 12.1 Å². The Hall–Kier alpha value is -1.56. The number of carbonyl (C=O) groups is 4. The third-order valence-corrected chi connectivity index (χ3v) is 4.29. The van der Waals surface area contributed by atoms with Crippen LogP contribution >= 0.6 is 0 Å². The number of rotatable bonds is 14. The summed E-state index contributed by atoms with van der Waals surface area (Å²) < 4.78 is 0. The predicted octanol–water partition coefficient (Wildman–Crippen LogP) is 2.58. The van der Waals surface area contributed by atoms with Crippen molar-refractivity contribution in [2.75, 3.05) is 0 Å². The molecule has 0 radical (unpaired) electrons. The van der Waals surface area contributed by atoms with E-state index >= 15 is 0 Å². The molecule has 0 saturated carbocycles. The number of nitrogens with one attached hydrogen (secondary N) is 2. The maximum atomic E-state index is 12.3. The van der Waals surface area contributed by atoms with E-state index in [0.717, 1.165) is 0 Å². The molecule has 0 fully saturated rings. The van der Waals surface area contributed by atoms with Crippen LogP contribution in [0.1, 0.15) is 80.1 Å². The van der Waals surface area contributed by atoms with Crippen molar-refractivity contribution in [1.82, 2.24) is 10.6 Å². The van der Waals surface area contributed by atoms with Crippen LogP contribution in [0.2, 0.25) is 0 Å². The van der Waals surface area contributed by atoms with E-state index in [4.69, 9.17) is 0 Å². The van der Waals surface area contributed by atoms with Gasteiger partial charge in [0.25, 0.3) is 0 Å². The molecule has 2 N–H and O–H groups in total. The molecule has 6 heteroatoms. The topological polar surface area (TPSA) is 92.3 Å². The summed E-state index contributed by atoms with van der Waals surface area (Å²) in [4.78, 5) is 48.1. The van der Waals surface area contributed by atoms with Crippen molar-refractivity contribution in [3.05, 3.63) is 0 Å². The van der Waals surface area contributed by atoms with Crippen molar-refractivity contribution in [2.24, 2.45) is 5.92 Å². The van der Waals surface area contributed by atoms with Crippen LogP contribution in [0.5, 0.6) is 0 Å². The van der Waals surface area contributed by atoms with Gasteiger partial charge in [-0.2, -0.15) is 0 Å². The second kappa shape index (κ2) is 12.7. The largest absolute Gasteiger partial charge is 0.346 e. The summed E-state index contributed by atoms with van der Waals surface area (Å²) in [5, 5.41) is 5.95. The summed E-state index contributed by atoms with van der Waals surface area (Å²) in [6.45, 7) is 11.1. The van der Waals surface area contributed by atoms with Gasteiger partial charge in [-0.15, -0.1) is 0 Å². The number of hydrogen-bond acceptors (Lipinski definition) is 5. The zero-order valence-electron chi connectivity index (χ0n) is 17.2. The second-order valence-corrected chi connectivity index (χ2v) is 7.34. The lowest BCUT2D eigenvalue weighted by Crippen LogP contribution is -2.45. The molecule has 6 nitrogen and oxygen atoms in total. The molecule has 1 amide bonds. The minimum absolute atomic E-state index is 0.0719. The standard InChI is InChI=1S/C20H36N2O4/c1-7-15(23)9-10-16(18(24)8-2)22-19(25)12-11-17(21-14(5)6)20(26)13(3)4/h13-14,16-17,21H,7-12H2,1-6H3,(H,22,25). The van der Waals surface area contributed by atoms with Gasteiger partial charge < -0.3 is 10.6 Å². The highest BCUT2D eigenvalue weighted by atomic mass is 16.2. The van der Waals surface area contributed by atoms with Crippen molar-refractivity contribution in [3.63, 3.8) is 0 Å². The quantitative estimate of drug-likeness (QED) is 0.492. The first-order valence-electron chi connectivity index (χ1n) is 9.75. The molecule has 0 bridgehead atoms. The minimum atomic E-state index is -0.625. The Kier molecular flexibility index (Phi) is 12.0. The lowest BCUT2D eigenvalue weighted by molar-refractivity contribution is -0.129. The summed E-state index contributed by atoms with van der Waals surface area (Å²) >= 11 is 0. The Bertz CT molecular complexity index is 486. The predicted molar refractivity (Wildman–Crippen MR) is 103 cm³/mol. The third-order valence-electron chi connectivity index (χ3n) is 4.29. The second-order valence-electron chi connectivity index (χ2n) is 7.34. The van der Waals surface area contributed by atoms with Gasteiger partial charge in [-0.1, -0.05) is 41.5 Å². The lowest BCUT2D eigenvalue weighted by atomic mass is 9.96. The molecule has 2 unspecified atom stereocenters. The Morgan fingerprint density at radius 2 is 1.38 bits per heavy atom. The molecule has 0 aromatic carbocycles. The maximum absolute atomic E-state index is 12.3. The zero-order chi connectivity index (χ0) is 20.3. The van der Waals surface area contributed by atoms with E-state index in [9.17, 15) is 19.2 Å². The molecule has 0 saturated heterocycles. The summed E-state index contributed by atoms with van der Waals surface area (Å²) in [5.41, 5.74) is 0. The highest BCUT2D eigenvalue weighted by molar-refractivity contribution is 5.90. The molecule has 0 aliphatic heterocycles. The molecule has 26 heavy (non-hydrogen) atoms. The average Bonchev–Trinajstić information content (AvgIpc) is 2.59. The van der Waals surface area contributed by atoms with Gasteiger partial charge in [0.2, 0.25) is 5.91 Å². The molecule has 0 aromatic rings. The third kappa shape index (κ3) is 9.80. The van der Waals surface area contributed by atoms with Crippen LogP contribution in [0.25, 0.3) is 0 Å². The maximum Gasteiger partial charge on any atom is 0.220 e. The van der Waals surface area contributed by atoms with Gasteiger partial charge in [0, 0.05) is 37.6 Å². The average molecular weight is 369 g/mol. The Labute approximate surface area is 157 Å². The van der Waals surface area contributed by atoms with Gasteiger partial charge in [-0.05, 0) is 12.8 Å². The van der Waals surface area contributed by atoms with Gasteiger partial charge >= 0.3 is 0 Å². The van der Waals surface area contributed by atoms with Crippen LogP contribution in [0, 0.1) is 5.92 Å². The molecule has 0 rings (SSSR count). The van der Waals surface area contributed by atoms with Crippen molar-refractivity contribution < 1.29 is 19.2 Å². The number of ketones is 3. The minimum Gasteiger partial charge on any atom is -0.346 e. The van der Waals surface area contributed by atoms with E-state index in [-0.39, 0.29) is 54.1 Å². The van der Waals surface area contributed by atoms with Gasteiger partial charge in [0.15, 0.2) is 11.6 Å². The van der Waals surface area contributed by atoms with Crippen LogP contribution in [0.3, 0.4) is 0 Å². The van der Waals surface area contributed by atoms with Crippen molar-refractivity contribution in [1.29, 1.82) is 0 Å². The number of hydrogen-bond donors (Lipinski definition) is 2. The molecule has 0 spiro atoms. The van der Waals surface area contributed by atoms with E-state index in [2.05, 4.69) is 10.6 Å². The summed E-state index contributed by atoms with van der Waals surface area (Å²) in [6.07, 6.45) is 1.93. The highest BCUT2D eigenvalue weighted by Gasteiger charge is 2.24. The van der Waals surface area contributed by atoms with Crippen LogP contribution in [-0.2, 0) is 19.2 Å². The first-order chi connectivity index (χ1) is 12.1. The smallest absolute Gasteiger partial charge is 0.220 e. The monoisotopic (exact) mass is 368 g/mol. The molecule has 0 heterocycles. The van der Waals surface area contributed by atoms with Crippen molar-refractivity contribution >= 4 is 23.3 Å². The van der Waals surface area contributed by atoms with E-state index in [1.807, 2.05) is 27.7 Å². The number of carbonyl (C=O) groups excluding carboxylic acids is 4. The summed E-state index contributed by atoms with van der Waals surface area (Å²) in [5.74, 6) is -0.271. The van der Waals surface area contributed by atoms with Crippen LogP contribution < -0.4 is 10.6 Å². The first-order valence-corrected chi connectivity index (χ1v) is 9.75. The fourth-order valence-electron chi connectivity index (χ4n) is 2.70. The molecule has 0 aliphatic carbocycles. The van der Waals surface area contributed by atoms with E-state index in [1.165, 1.54) is 0 Å². The van der Waals surface area contributed by atoms with Crippen molar-refractivity contribution in [3.8, 4) is 0 Å². The van der Waals surface area contributed by atoms with Crippen molar-refractivity contribution in [2.45, 2.75) is 98.2 Å². The normalized spacial score (nSPS) is 13.5. The molecular weight excluding hydrogens is 332 g/mol. The number of amides is 1. The summed E-state index contributed by atoms with van der Waals surface area (Å²) in [6, 6.07) is -0.858. The highest BCUT2D eigenvalue weighted by Crippen LogP contribution is 2.09. The Balaban J connectivity index is 4.74. The van der Waals surface area contributed by atoms with Crippen LogP contribution in [-0.4, -0.2) is 41.4 Å². The SMILES string of the molecule is CCC(=O)CCC(NC(=O)CCC(NC(C)C)C(=O)C(C)C)C(=O)CC. The van der Waals surface area contributed by atoms with Gasteiger partial charge in [-0.25, -0.2) is 0 Å². The number of Topliss-reactive ketones (excluding diaryl/α,β-unsaturated/α-hetero) is 3. The van der Waals surface area contributed by atoms with Gasteiger partial charge in [0.1, 0.15) is 5.78 Å². The molecule has 0 aliphatic rings. The Morgan fingerprint density at radius 3 is 1.85 bits per heavy atom. The fraction of sp³-hybridized carbons (Fsp3) is 0.800. The molecule has 0 aromatic heterocycles. The summed E-state index contributed by atoms with van der Waals surface area (Å²) in [7, 11) is 0. The molecular formula is C20H36N2O4. The van der Waals surface area contributed by atoms with E-state index in [1.54, 1.807) is 13.8 Å². The first kappa shape index (κ1) is 24.4. The van der Waals surface area contributed by atoms with Gasteiger partial charge in [-0.3, -0.25) is 19.2 Å². The van der Waals surface area contributed by atoms with E-state index < -0.39 is 6.04 Å². The fourth-order valence-corrected chi connectivity index (χ4v) is 2.70. The zero-order valence-corrected chi connectivity index (χ0v) is 17.2. The Morgan fingerprint density at radius 1 is 0.808 bits per heavy atom. The lowest BCUT2D eigenvalue weighted by Gasteiger charge is -2.22. The molecule has 2 atom stereocenters. The molecule has 150 valence electrons. The van der Waals surface area contributed by atoms with Crippen LogP contribution in [0.15, 0.2) is 0 Å².